The van der Waals surface area contributed by atoms with Crippen LogP contribution in [0.1, 0.15) is 65.0 Å². The third-order valence-electron chi connectivity index (χ3n) is 4.32. The number of alkyl carbamates (subject to hydrolysis) is 1. The van der Waals surface area contributed by atoms with E-state index < -0.39 is 17.8 Å². The van der Waals surface area contributed by atoms with Crippen LogP contribution in [-0.4, -0.2) is 47.3 Å². The number of fused-ring (bicyclic) bond motifs is 1. The molecule has 2 amide bonds. The van der Waals surface area contributed by atoms with E-state index in [1.807, 2.05) is 27.7 Å². The zero-order chi connectivity index (χ0) is 20.7. The minimum Gasteiger partial charge on any atom is -0.450 e. The summed E-state index contributed by atoms with van der Waals surface area (Å²) in [7, 11) is 0. The van der Waals surface area contributed by atoms with Crippen molar-refractivity contribution in [3.63, 3.8) is 0 Å². The van der Waals surface area contributed by atoms with E-state index in [2.05, 4.69) is 10.4 Å². The van der Waals surface area contributed by atoms with Crippen molar-refractivity contribution in [1.82, 2.24) is 15.1 Å². The molecular weight excluding hydrogens is 362 g/mol. The number of carbonyl (C=O) groups is 2. The summed E-state index contributed by atoms with van der Waals surface area (Å²) in [5.74, 6) is 0.679. The number of carbonyl (C=O) groups excluding carboxylic acids is 2. The molecule has 9 heteroatoms. The summed E-state index contributed by atoms with van der Waals surface area (Å²) < 4.78 is 12.4. The second-order valence-electron chi connectivity index (χ2n) is 7.94. The van der Waals surface area contributed by atoms with E-state index in [4.69, 9.17) is 15.2 Å². The van der Waals surface area contributed by atoms with Gasteiger partial charge in [-0.3, -0.25) is 4.90 Å². The predicted octanol–water partition coefficient (Wildman–Crippen LogP) is 2.94. The van der Waals surface area contributed by atoms with Crippen LogP contribution >= 0.6 is 0 Å². The monoisotopic (exact) mass is 395 g/mol. The Kier molecular flexibility index (Phi) is 7.68. The molecule has 3 N–H and O–H groups in total. The van der Waals surface area contributed by atoms with Crippen LogP contribution in [0.2, 0.25) is 0 Å². The lowest BCUT2D eigenvalue weighted by Gasteiger charge is -2.31. The summed E-state index contributed by atoms with van der Waals surface area (Å²) >= 11 is 0. The second-order valence-corrected chi connectivity index (χ2v) is 7.94. The number of nitrogens with one attached hydrogen (secondary N) is 1. The molecule has 2 heterocycles. The van der Waals surface area contributed by atoms with E-state index in [1.54, 1.807) is 15.8 Å². The van der Waals surface area contributed by atoms with Crippen molar-refractivity contribution in [3.05, 3.63) is 11.8 Å². The summed E-state index contributed by atoms with van der Waals surface area (Å²) in [6, 6.07) is -0.372. The molecule has 0 saturated carbocycles. The highest BCUT2D eigenvalue weighted by molar-refractivity contribution is 5.88. The third-order valence-corrected chi connectivity index (χ3v) is 4.32. The number of aromatic nitrogens is 2. The van der Waals surface area contributed by atoms with Crippen LogP contribution < -0.4 is 16.0 Å². The van der Waals surface area contributed by atoms with E-state index in [0.717, 1.165) is 31.4 Å². The van der Waals surface area contributed by atoms with Gasteiger partial charge in [0, 0.05) is 31.2 Å². The molecule has 0 aromatic carbocycles. The average Bonchev–Trinajstić information content (AvgIpc) is 3.04. The molecule has 0 fully saturated rings. The van der Waals surface area contributed by atoms with Crippen molar-refractivity contribution in [1.29, 1.82) is 0 Å². The number of amides is 2. The second kappa shape index (κ2) is 9.77. The number of nitrogens with zero attached hydrogens (tertiary/aromatic N) is 3. The molecule has 2 rings (SSSR count). The number of nitrogens with two attached hydrogens (primary N) is 1. The Bertz CT molecular complexity index is 668. The molecule has 0 aliphatic carbocycles. The Morgan fingerprint density at radius 1 is 1.36 bits per heavy atom. The zero-order valence-electron chi connectivity index (χ0n) is 17.4. The van der Waals surface area contributed by atoms with Gasteiger partial charge in [-0.2, -0.15) is 5.10 Å². The predicted molar refractivity (Wildman–Crippen MR) is 106 cm³/mol. The highest BCUT2D eigenvalue weighted by Gasteiger charge is 2.31. The molecule has 158 valence electrons. The largest absolute Gasteiger partial charge is 0.450 e. The molecule has 9 nitrogen and oxygen atoms in total. The van der Waals surface area contributed by atoms with Gasteiger partial charge in [-0.15, -0.1) is 0 Å². The lowest BCUT2D eigenvalue weighted by Crippen LogP contribution is -2.42. The average molecular weight is 396 g/mol. The third kappa shape index (κ3) is 6.12. The minimum absolute atomic E-state index is 0.372. The van der Waals surface area contributed by atoms with Gasteiger partial charge in [-0.05, 0) is 40.0 Å². The van der Waals surface area contributed by atoms with Crippen LogP contribution in [0.25, 0.3) is 0 Å². The minimum atomic E-state index is -0.580. The lowest BCUT2D eigenvalue weighted by atomic mass is 10.1. The van der Waals surface area contributed by atoms with Crippen LogP contribution in [0, 0.1) is 0 Å². The molecule has 28 heavy (non-hydrogen) atoms. The maximum absolute atomic E-state index is 12.6. The number of aryl methyl sites for hydroxylation is 1. The first-order chi connectivity index (χ1) is 13.2. The molecule has 0 spiro atoms. The first kappa shape index (κ1) is 22.0. The van der Waals surface area contributed by atoms with Crippen molar-refractivity contribution in [2.24, 2.45) is 5.73 Å². The molecule has 1 aliphatic heterocycles. The fourth-order valence-corrected chi connectivity index (χ4v) is 2.94. The van der Waals surface area contributed by atoms with Crippen LogP contribution in [0.5, 0.6) is 0 Å². The Balaban J connectivity index is 1.98. The first-order valence-electron chi connectivity index (χ1n) is 9.95. The van der Waals surface area contributed by atoms with Gasteiger partial charge >= 0.3 is 12.2 Å². The van der Waals surface area contributed by atoms with Gasteiger partial charge in [-0.25, -0.2) is 14.3 Å². The van der Waals surface area contributed by atoms with Gasteiger partial charge in [0.15, 0.2) is 0 Å². The highest BCUT2D eigenvalue weighted by atomic mass is 16.6. The standard InChI is InChI=1S/C19H33N5O4/c1-5-6-12-27-17(25)21-9-8-15(20)14-13-22-24-11-7-10-23(16(14)24)18(26)28-19(2,3)4/h13,15H,5-12,20H2,1-4H3,(H,21,25). The van der Waals surface area contributed by atoms with Crippen LogP contribution in [-0.2, 0) is 16.0 Å². The molecule has 1 unspecified atom stereocenters. The number of ether oxygens (including phenoxy) is 2. The SMILES string of the molecule is CCCCOC(=O)NCCC(N)c1cnn2c1N(C(=O)OC(C)(C)C)CCC2. The number of anilines is 1. The molecule has 0 bridgehead atoms. The highest BCUT2D eigenvalue weighted by Crippen LogP contribution is 2.31. The van der Waals surface area contributed by atoms with E-state index in [-0.39, 0.29) is 6.04 Å². The van der Waals surface area contributed by atoms with Crippen molar-refractivity contribution < 1.29 is 19.1 Å². The zero-order valence-corrected chi connectivity index (χ0v) is 17.4. The van der Waals surface area contributed by atoms with Gasteiger partial charge in [0.25, 0.3) is 0 Å². The van der Waals surface area contributed by atoms with Gasteiger partial charge in [0.1, 0.15) is 11.4 Å². The molecule has 1 aromatic heterocycles. The maximum atomic E-state index is 12.6. The number of hydrogen-bond acceptors (Lipinski definition) is 6. The number of hydrogen-bond donors (Lipinski definition) is 2. The topological polar surface area (TPSA) is 112 Å². The Morgan fingerprint density at radius 2 is 2.11 bits per heavy atom. The summed E-state index contributed by atoms with van der Waals surface area (Å²) in [5.41, 5.74) is 6.53. The summed E-state index contributed by atoms with van der Waals surface area (Å²) in [6.07, 6.45) is 3.97. The van der Waals surface area contributed by atoms with Crippen LogP contribution in [0.15, 0.2) is 6.20 Å². The van der Waals surface area contributed by atoms with Gasteiger partial charge in [0.05, 0.1) is 12.8 Å². The summed E-state index contributed by atoms with van der Waals surface area (Å²) in [4.78, 5) is 25.9. The van der Waals surface area contributed by atoms with Crippen molar-refractivity contribution >= 4 is 18.0 Å². The van der Waals surface area contributed by atoms with Crippen molar-refractivity contribution in [3.8, 4) is 0 Å². The molecule has 0 radical (unpaired) electrons. The van der Waals surface area contributed by atoms with Crippen molar-refractivity contribution in [2.75, 3.05) is 24.6 Å². The number of rotatable bonds is 7. The Morgan fingerprint density at radius 3 is 2.79 bits per heavy atom. The Labute approximate surface area is 166 Å². The smallest absolute Gasteiger partial charge is 0.416 e. The quantitative estimate of drug-likeness (QED) is 0.687. The van der Waals surface area contributed by atoms with E-state index in [1.165, 1.54) is 0 Å². The Hall–Kier alpha value is -2.29. The maximum Gasteiger partial charge on any atom is 0.416 e. The normalized spacial score (nSPS) is 15.0. The van der Waals surface area contributed by atoms with Crippen LogP contribution in [0.4, 0.5) is 15.4 Å². The van der Waals surface area contributed by atoms with Gasteiger partial charge in [-0.1, -0.05) is 13.3 Å². The number of unbranched alkanes of at least 4 members (excludes halogenated alkanes) is 1. The molecular formula is C19H33N5O4. The fourth-order valence-electron chi connectivity index (χ4n) is 2.94. The first-order valence-corrected chi connectivity index (χ1v) is 9.95. The van der Waals surface area contributed by atoms with Crippen LogP contribution in [0.3, 0.4) is 0 Å². The van der Waals surface area contributed by atoms with E-state index >= 15 is 0 Å². The molecule has 1 aromatic rings. The molecule has 1 atom stereocenters. The molecule has 1 aliphatic rings. The van der Waals surface area contributed by atoms with Crippen molar-refractivity contribution in [2.45, 2.75) is 71.6 Å². The van der Waals surface area contributed by atoms with Gasteiger partial charge < -0.3 is 20.5 Å². The molecule has 0 saturated heterocycles. The lowest BCUT2D eigenvalue weighted by molar-refractivity contribution is 0.0572. The van der Waals surface area contributed by atoms with E-state index in [0.29, 0.717) is 31.9 Å². The fraction of sp³-hybridized carbons (Fsp3) is 0.737. The van der Waals surface area contributed by atoms with Gasteiger partial charge in [0.2, 0.25) is 0 Å². The van der Waals surface area contributed by atoms with E-state index in [9.17, 15) is 9.59 Å². The summed E-state index contributed by atoms with van der Waals surface area (Å²) in [6.45, 7) is 9.62. The summed E-state index contributed by atoms with van der Waals surface area (Å²) in [5, 5.41) is 7.08.